The van der Waals surface area contributed by atoms with Crippen LogP contribution in [0.2, 0.25) is 0 Å². The first-order valence-corrected chi connectivity index (χ1v) is 7.77. The normalized spacial score (nSPS) is 12.8. The molecule has 136 valence electrons. The van der Waals surface area contributed by atoms with Crippen LogP contribution in [0.25, 0.3) is 5.69 Å². The third kappa shape index (κ3) is 3.04. The molecule has 0 saturated carbocycles. The summed E-state index contributed by atoms with van der Waals surface area (Å²) in [6.07, 6.45) is 0.582. The van der Waals surface area contributed by atoms with Crippen LogP contribution in [-0.2, 0) is 4.74 Å². The SMILES string of the molecule is COCCCOc1ccc(F)cc1-n1c(N)c2c(cc1=O)C(=O)NC2=O. The molecule has 2 amide bonds. The number of hydrogen-bond acceptors (Lipinski definition) is 6. The number of pyridine rings is 1. The molecule has 1 aromatic carbocycles. The van der Waals surface area contributed by atoms with E-state index in [0.717, 1.165) is 16.7 Å². The van der Waals surface area contributed by atoms with Crippen LogP contribution in [0.1, 0.15) is 27.1 Å². The van der Waals surface area contributed by atoms with Crippen molar-refractivity contribution in [3.8, 4) is 11.4 Å². The van der Waals surface area contributed by atoms with Gasteiger partial charge in [-0.25, -0.2) is 4.39 Å². The Hall–Kier alpha value is -3.20. The third-order valence-electron chi connectivity index (χ3n) is 3.87. The van der Waals surface area contributed by atoms with Gasteiger partial charge in [-0.1, -0.05) is 0 Å². The van der Waals surface area contributed by atoms with Crippen molar-refractivity contribution in [3.63, 3.8) is 0 Å². The summed E-state index contributed by atoms with van der Waals surface area (Å²) in [7, 11) is 1.56. The summed E-state index contributed by atoms with van der Waals surface area (Å²) in [6.45, 7) is 0.741. The van der Waals surface area contributed by atoms with E-state index in [0.29, 0.717) is 13.0 Å². The Morgan fingerprint density at radius 3 is 2.65 bits per heavy atom. The maximum Gasteiger partial charge on any atom is 0.262 e. The molecule has 2 aromatic rings. The fourth-order valence-corrected chi connectivity index (χ4v) is 2.70. The number of nitrogens with zero attached hydrogens (tertiary/aromatic N) is 1. The number of methoxy groups -OCH3 is 1. The molecule has 9 heteroatoms. The first-order chi connectivity index (χ1) is 12.4. The van der Waals surface area contributed by atoms with Crippen molar-refractivity contribution in [1.29, 1.82) is 0 Å². The molecule has 0 unspecified atom stereocenters. The minimum atomic E-state index is -0.713. The van der Waals surface area contributed by atoms with Gasteiger partial charge in [-0.2, -0.15) is 0 Å². The highest BCUT2D eigenvalue weighted by atomic mass is 19.1. The molecule has 1 aliphatic heterocycles. The zero-order chi connectivity index (χ0) is 18.8. The van der Waals surface area contributed by atoms with E-state index in [-0.39, 0.29) is 35.0 Å². The largest absolute Gasteiger partial charge is 0.491 e. The smallest absolute Gasteiger partial charge is 0.262 e. The highest BCUT2D eigenvalue weighted by Crippen LogP contribution is 2.28. The number of nitrogens with two attached hydrogens (primary N) is 1. The van der Waals surface area contributed by atoms with Crippen LogP contribution < -0.4 is 21.3 Å². The van der Waals surface area contributed by atoms with Crippen molar-refractivity contribution in [2.24, 2.45) is 0 Å². The molecule has 3 N–H and O–H groups in total. The van der Waals surface area contributed by atoms with Gasteiger partial charge in [0.05, 0.1) is 23.4 Å². The van der Waals surface area contributed by atoms with Gasteiger partial charge in [-0.3, -0.25) is 24.3 Å². The van der Waals surface area contributed by atoms with Gasteiger partial charge in [0.2, 0.25) is 0 Å². The van der Waals surface area contributed by atoms with Crippen LogP contribution in [-0.4, -0.2) is 36.7 Å². The molecule has 26 heavy (non-hydrogen) atoms. The van der Waals surface area contributed by atoms with E-state index in [1.165, 1.54) is 12.1 Å². The molecule has 0 atom stereocenters. The minimum Gasteiger partial charge on any atom is -0.491 e. The molecule has 0 spiro atoms. The summed E-state index contributed by atoms with van der Waals surface area (Å²) in [5.74, 6) is -2.08. The van der Waals surface area contributed by atoms with E-state index in [9.17, 15) is 18.8 Å². The van der Waals surface area contributed by atoms with E-state index in [1.807, 2.05) is 0 Å². The zero-order valence-corrected chi connectivity index (χ0v) is 13.9. The predicted octanol–water partition coefficient (Wildman–Crippen LogP) is 0.858. The molecular weight excluding hydrogens is 345 g/mol. The highest BCUT2D eigenvalue weighted by molar-refractivity contribution is 6.23. The maximum atomic E-state index is 13.8. The Kier molecular flexibility index (Phi) is 4.72. The van der Waals surface area contributed by atoms with Crippen molar-refractivity contribution < 1.29 is 23.5 Å². The van der Waals surface area contributed by atoms with E-state index < -0.39 is 23.2 Å². The molecule has 3 rings (SSSR count). The Labute approximate surface area is 147 Å². The number of carbonyl (C=O) groups is 2. The van der Waals surface area contributed by atoms with Gasteiger partial charge in [-0.15, -0.1) is 0 Å². The summed E-state index contributed by atoms with van der Waals surface area (Å²) >= 11 is 0. The zero-order valence-electron chi connectivity index (χ0n) is 13.9. The summed E-state index contributed by atoms with van der Waals surface area (Å²) in [5.41, 5.74) is 5.10. The number of hydrogen-bond donors (Lipinski definition) is 2. The number of aromatic nitrogens is 1. The summed E-state index contributed by atoms with van der Waals surface area (Å²) < 4.78 is 25.3. The highest BCUT2D eigenvalue weighted by Gasteiger charge is 2.32. The fourth-order valence-electron chi connectivity index (χ4n) is 2.70. The van der Waals surface area contributed by atoms with Gasteiger partial charge in [0.15, 0.2) is 0 Å². The van der Waals surface area contributed by atoms with Crippen molar-refractivity contribution in [3.05, 3.63) is 51.6 Å². The van der Waals surface area contributed by atoms with E-state index in [4.69, 9.17) is 15.2 Å². The second-order valence-electron chi connectivity index (χ2n) is 5.58. The number of nitrogen functional groups attached to an aromatic ring is 1. The number of amides is 2. The number of carbonyl (C=O) groups excluding carboxylic acids is 2. The van der Waals surface area contributed by atoms with Gasteiger partial charge < -0.3 is 15.2 Å². The summed E-state index contributed by atoms with van der Waals surface area (Å²) in [4.78, 5) is 36.1. The van der Waals surface area contributed by atoms with Crippen molar-refractivity contribution >= 4 is 17.6 Å². The van der Waals surface area contributed by atoms with Crippen LogP contribution >= 0.6 is 0 Å². The lowest BCUT2D eigenvalue weighted by Crippen LogP contribution is -2.24. The lowest BCUT2D eigenvalue weighted by Gasteiger charge is -2.16. The second kappa shape index (κ2) is 6.96. The average molecular weight is 361 g/mol. The molecule has 0 fully saturated rings. The topological polar surface area (TPSA) is 113 Å². The quantitative estimate of drug-likeness (QED) is 0.583. The number of fused-ring (bicyclic) bond motifs is 1. The minimum absolute atomic E-state index is 0.0415. The number of halogens is 1. The van der Waals surface area contributed by atoms with E-state index >= 15 is 0 Å². The molecule has 0 radical (unpaired) electrons. The Morgan fingerprint density at radius 2 is 1.92 bits per heavy atom. The number of benzene rings is 1. The number of rotatable bonds is 6. The van der Waals surface area contributed by atoms with Gasteiger partial charge in [0.25, 0.3) is 17.4 Å². The molecular formula is C17H16FN3O5. The Bertz CT molecular complexity index is 954. The molecule has 0 bridgehead atoms. The van der Waals surface area contributed by atoms with Crippen LogP contribution in [0.3, 0.4) is 0 Å². The van der Waals surface area contributed by atoms with Crippen LogP contribution in [0.15, 0.2) is 29.1 Å². The summed E-state index contributed by atoms with van der Waals surface area (Å²) in [6, 6.07) is 4.61. The van der Waals surface area contributed by atoms with Crippen LogP contribution in [0.4, 0.5) is 10.2 Å². The van der Waals surface area contributed by atoms with Crippen LogP contribution in [0, 0.1) is 5.82 Å². The standard InChI is InChI=1S/C17H16FN3O5/c1-25-5-2-6-26-12-4-3-9(18)7-11(12)21-13(22)8-10-14(15(21)19)17(24)20-16(10)23/h3-4,7-8H,2,5-6,19H2,1H3,(H,20,23,24). The number of ether oxygens (including phenoxy) is 2. The number of imide groups is 1. The summed E-state index contributed by atoms with van der Waals surface area (Å²) in [5, 5.41) is 2.07. The predicted molar refractivity (Wildman–Crippen MR) is 90.2 cm³/mol. The number of nitrogens with one attached hydrogen (secondary N) is 1. The molecule has 2 heterocycles. The molecule has 1 aliphatic rings. The van der Waals surface area contributed by atoms with E-state index in [2.05, 4.69) is 5.32 Å². The van der Waals surface area contributed by atoms with Crippen molar-refractivity contribution in [2.45, 2.75) is 6.42 Å². The van der Waals surface area contributed by atoms with Gasteiger partial charge in [0.1, 0.15) is 17.4 Å². The first-order valence-electron chi connectivity index (χ1n) is 7.77. The Balaban J connectivity index is 2.11. The fraction of sp³-hybridized carbons (Fsp3) is 0.235. The molecule has 0 saturated heterocycles. The van der Waals surface area contributed by atoms with Gasteiger partial charge >= 0.3 is 0 Å². The third-order valence-corrected chi connectivity index (χ3v) is 3.87. The Morgan fingerprint density at radius 1 is 1.15 bits per heavy atom. The first kappa shape index (κ1) is 17.6. The van der Waals surface area contributed by atoms with E-state index in [1.54, 1.807) is 7.11 Å². The monoisotopic (exact) mass is 361 g/mol. The molecule has 8 nitrogen and oxygen atoms in total. The van der Waals surface area contributed by atoms with Gasteiger partial charge in [-0.05, 0) is 12.1 Å². The molecule has 0 aliphatic carbocycles. The van der Waals surface area contributed by atoms with Crippen molar-refractivity contribution in [2.75, 3.05) is 26.1 Å². The van der Waals surface area contributed by atoms with Crippen LogP contribution in [0.5, 0.6) is 5.75 Å². The average Bonchev–Trinajstić information content (AvgIpc) is 2.87. The van der Waals surface area contributed by atoms with Crippen molar-refractivity contribution in [1.82, 2.24) is 9.88 Å². The molecule has 1 aromatic heterocycles. The maximum absolute atomic E-state index is 13.8. The number of anilines is 1. The van der Waals surface area contributed by atoms with Gasteiger partial charge in [0, 0.05) is 32.3 Å². The lowest BCUT2D eigenvalue weighted by atomic mass is 10.1. The lowest BCUT2D eigenvalue weighted by molar-refractivity contribution is 0.0880. The second-order valence-corrected chi connectivity index (χ2v) is 5.58.